The molecule has 0 aliphatic rings. The lowest BCUT2D eigenvalue weighted by Gasteiger charge is -2.10. The van der Waals surface area contributed by atoms with Crippen LogP contribution in [-0.4, -0.2) is 40.6 Å². The monoisotopic (exact) mass is 418 g/mol. The molecule has 9 heteroatoms. The molecule has 2 heterocycles. The molecule has 3 aromatic rings. The standard InChI is InChI=1S/C19H22N4O3S2/c1-25-16-6-5-14(10-17(16)26-2)11-20-18(24)12-28-19-22-21-13-23(19)8-7-15-4-3-9-27-15/h3-6,9-10,13H,7-8,11-12H2,1-2H3,(H,20,24). The fourth-order valence-corrected chi connectivity index (χ4v) is 4.04. The smallest absolute Gasteiger partial charge is 0.230 e. The van der Waals surface area contributed by atoms with Gasteiger partial charge in [-0.2, -0.15) is 0 Å². The van der Waals surface area contributed by atoms with Gasteiger partial charge >= 0.3 is 0 Å². The number of hydrogen-bond acceptors (Lipinski definition) is 7. The topological polar surface area (TPSA) is 78.3 Å². The van der Waals surface area contributed by atoms with Crippen molar-refractivity contribution in [2.75, 3.05) is 20.0 Å². The van der Waals surface area contributed by atoms with Gasteiger partial charge in [0.15, 0.2) is 16.7 Å². The number of rotatable bonds is 10. The van der Waals surface area contributed by atoms with Crippen molar-refractivity contribution in [3.05, 3.63) is 52.5 Å². The Bertz CT molecular complexity index is 896. The van der Waals surface area contributed by atoms with Gasteiger partial charge in [-0.25, -0.2) is 0 Å². The molecule has 0 aliphatic heterocycles. The van der Waals surface area contributed by atoms with E-state index in [2.05, 4.69) is 27.0 Å². The van der Waals surface area contributed by atoms with Crippen LogP contribution in [0.1, 0.15) is 10.4 Å². The second-order valence-corrected chi connectivity index (χ2v) is 7.87. The predicted octanol–water partition coefficient (Wildman–Crippen LogP) is 3.01. The molecule has 1 aromatic carbocycles. The minimum Gasteiger partial charge on any atom is -0.493 e. The van der Waals surface area contributed by atoms with Gasteiger partial charge in [0.05, 0.1) is 20.0 Å². The van der Waals surface area contributed by atoms with Gasteiger partial charge in [-0.05, 0) is 35.6 Å². The second kappa shape index (κ2) is 10.1. The van der Waals surface area contributed by atoms with Gasteiger partial charge in [-0.1, -0.05) is 23.9 Å². The molecule has 0 saturated carbocycles. The van der Waals surface area contributed by atoms with Crippen molar-refractivity contribution < 1.29 is 14.3 Å². The molecule has 7 nitrogen and oxygen atoms in total. The predicted molar refractivity (Wildman–Crippen MR) is 110 cm³/mol. The number of thioether (sulfide) groups is 1. The van der Waals surface area contributed by atoms with E-state index in [1.54, 1.807) is 31.9 Å². The van der Waals surface area contributed by atoms with Crippen LogP contribution in [0.15, 0.2) is 47.2 Å². The van der Waals surface area contributed by atoms with Gasteiger partial charge in [0, 0.05) is 18.0 Å². The molecule has 3 rings (SSSR count). The van der Waals surface area contributed by atoms with Gasteiger partial charge < -0.3 is 19.4 Å². The average Bonchev–Trinajstić information content (AvgIpc) is 3.40. The van der Waals surface area contributed by atoms with Crippen molar-refractivity contribution in [1.82, 2.24) is 20.1 Å². The minimum atomic E-state index is -0.0624. The van der Waals surface area contributed by atoms with E-state index in [-0.39, 0.29) is 11.7 Å². The van der Waals surface area contributed by atoms with E-state index >= 15 is 0 Å². The molecule has 0 fully saturated rings. The van der Waals surface area contributed by atoms with E-state index in [9.17, 15) is 4.79 Å². The third-order valence-electron chi connectivity index (χ3n) is 4.03. The lowest BCUT2D eigenvalue weighted by atomic mass is 10.2. The first-order valence-electron chi connectivity index (χ1n) is 8.70. The Morgan fingerprint density at radius 2 is 2.11 bits per heavy atom. The van der Waals surface area contributed by atoms with E-state index in [0.717, 1.165) is 23.7 Å². The summed E-state index contributed by atoms with van der Waals surface area (Å²) in [6, 6.07) is 9.74. The highest BCUT2D eigenvalue weighted by Crippen LogP contribution is 2.27. The van der Waals surface area contributed by atoms with Gasteiger partial charge in [0.2, 0.25) is 5.91 Å². The number of benzene rings is 1. The maximum absolute atomic E-state index is 12.2. The van der Waals surface area contributed by atoms with Crippen LogP contribution in [0.3, 0.4) is 0 Å². The normalized spacial score (nSPS) is 10.6. The molecule has 28 heavy (non-hydrogen) atoms. The molecule has 0 spiro atoms. The molecule has 0 unspecified atom stereocenters. The summed E-state index contributed by atoms with van der Waals surface area (Å²) in [6.07, 6.45) is 2.63. The van der Waals surface area contributed by atoms with Crippen LogP contribution in [0.5, 0.6) is 11.5 Å². The molecule has 0 atom stereocenters. The van der Waals surface area contributed by atoms with Gasteiger partial charge in [-0.15, -0.1) is 21.5 Å². The molecule has 0 bridgehead atoms. The third kappa shape index (κ3) is 5.49. The molecule has 0 aliphatic carbocycles. The number of aryl methyl sites for hydroxylation is 2. The van der Waals surface area contributed by atoms with E-state index in [1.165, 1.54) is 16.6 Å². The summed E-state index contributed by atoms with van der Waals surface area (Å²) in [5, 5.41) is 13.8. The largest absolute Gasteiger partial charge is 0.493 e. The lowest BCUT2D eigenvalue weighted by molar-refractivity contribution is -0.118. The molecule has 148 valence electrons. The minimum absolute atomic E-state index is 0.0624. The number of ether oxygens (including phenoxy) is 2. The maximum Gasteiger partial charge on any atom is 0.230 e. The lowest BCUT2D eigenvalue weighted by Crippen LogP contribution is -2.24. The van der Waals surface area contributed by atoms with Crippen LogP contribution in [0, 0.1) is 0 Å². The quantitative estimate of drug-likeness (QED) is 0.510. The number of thiophene rings is 1. The van der Waals surface area contributed by atoms with Crippen molar-refractivity contribution in [3.63, 3.8) is 0 Å². The Kier molecular flexibility index (Phi) is 7.32. The van der Waals surface area contributed by atoms with Crippen LogP contribution in [0.25, 0.3) is 0 Å². The van der Waals surface area contributed by atoms with E-state index < -0.39 is 0 Å². The highest BCUT2D eigenvalue weighted by Gasteiger charge is 2.10. The number of hydrogen-bond donors (Lipinski definition) is 1. The first-order chi connectivity index (χ1) is 13.7. The van der Waals surface area contributed by atoms with Gasteiger partial charge in [0.1, 0.15) is 6.33 Å². The summed E-state index contributed by atoms with van der Waals surface area (Å²) < 4.78 is 12.5. The molecule has 2 aromatic heterocycles. The number of nitrogens with zero attached hydrogens (tertiary/aromatic N) is 3. The van der Waals surface area contributed by atoms with Crippen molar-refractivity contribution in [3.8, 4) is 11.5 Å². The number of aromatic nitrogens is 3. The number of nitrogens with one attached hydrogen (secondary N) is 1. The summed E-state index contributed by atoms with van der Waals surface area (Å²) in [6.45, 7) is 1.22. The first-order valence-corrected chi connectivity index (χ1v) is 10.6. The molecule has 0 radical (unpaired) electrons. The summed E-state index contributed by atoms with van der Waals surface area (Å²) in [5.74, 6) is 1.52. The zero-order chi connectivity index (χ0) is 19.8. The first kappa shape index (κ1) is 20.2. The average molecular weight is 419 g/mol. The Hall–Kier alpha value is -2.52. The van der Waals surface area contributed by atoms with Gasteiger partial charge in [-0.3, -0.25) is 4.79 Å². The highest BCUT2D eigenvalue weighted by atomic mass is 32.2. The van der Waals surface area contributed by atoms with Gasteiger partial charge in [0.25, 0.3) is 0 Å². The third-order valence-corrected chi connectivity index (χ3v) is 5.95. The fraction of sp³-hybridized carbons (Fsp3) is 0.316. The molecule has 0 saturated heterocycles. The van der Waals surface area contributed by atoms with Crippen molar-refractivity contribution in [2.24, 2.45) is 0 Å². The van der Waals surface area contributed by atoms with Crippen molar-refractivity contribution >= 4 is 29.0 Å². The zero-order valence-electron chi connectivity index (χ0n) is 15.8. The van der Waals surface area contributed by atoms with Crippen LogP contribution in [-0.2, 0) is 24.3 Å². The zero-order valence-corrected chi connectivity index (χ0v) is 17.4. The van der Waals surface area contributed by atoms with E-state index in [4.69, 9.17) is 9.47 Å². The van der Waals surface area contributed by atoms with Crippen LogP contribution >= 0.6 is 23.1 Å². The molecular formula is C19H22N4O3S2. The molecular weight excluding hydrogens is 396 g/mol. The Balaban J connectivity index is 1.46. The number of amides is 1. The molecule has 1 amide bonds. The summed E-state index contributed by atoms with van der Waals surface area (Å²) in [7, 11) is 3.18. The summed E-state index contributed by atoms with van der Waals surface area (Å²) in [5.41, 5.74) is 0.940. The number of methoxy groups -OCH3 is 2. The maximum atomic E-state index is 12.2. The van der Waals surface area contributed by atoms with Crippen LogP contribution < -0.4 is 14.8 Å². The van der Waals surface area contributed by atoms with E-state index in [0.29, 0.717) is 18.0 Å². The van der Waals surface area contributed by atoms with E-state index in [1.807, 2.05) is 28.8 Å². The number of carbonyl (C=O) groups is 1. The Morgan fingerprint density at radius 1 is 1.25 bits per heavy atom. The second-order valence-electron chi connectivity index (χ2n) is 5.89. The highest BCUT2D eigenvalue weighted by molar-refractivity contribution is 7.99. The fourth-order valence-electron chi connectivity index (χ4n) is 2.57. The van der Waals surface area contributed by atoms with Crippen LogP contribution in [0.4, 0.5) is 0 Å². The number of carbonyl (C=O) groups excluding carboxylic acids is 1. The Labute approximate surface area is 172 Å². The van der Waals surface area contributed by atoms with Crippen molar-refractivity contribution in [2.45, 2.75) is 24.7 Å². The summed E-state index contributed by atoms with van der Waals surface area (Å²) in [4.78, 5) is 13.5. The SMILES string of the molecule is COc1ccc(CNC(=O)CSc2nncn2CCc2cccs2)cc1OC. The van der Waals surface area contributed by atoms with Crippen LogP contribution in [0.2, 0.25) is 0 Å². The molecule has 1 N–H and O–H groups in total. The van der Waals surface area contributed by atoms with Crippen molar-refractivity contribution in [1.29, 1.82) is 0 Å². The summed E-state index contributed by atoms with van der Waals surface area (Å²) >= 11 is 3.12. The Morgan fingerprint density at radius 3 is 2.86 bits per heavy atom.